The molecule has 2 atom stereocenters. The van der Waals surface area contributed by atoms with Gasteiger partial charge in [0, 0.05) is 25.2 Å². The molecular formula is C23H27N3O3. The minimum Gasteiger partial charge on any atom is -0.454 e. The molecule has 6 heteroatoms. The Bertz CT molecular complexity index is 891. The minimum atomic E-state index is -0.138. The van der Waals surface area contributed by atoms with Gasteiger partial charge in [0.25, 0.3) is 0 Å². The Balaban J connectivity index is 1.19. The number of carbonyl (C=O) groups is 1. The molecule has 0 bridgehead atoms. The van der Waals surface area contributed by atoms with E-state index in [0.717, 1.165) is 49.3 Å². The zero-order chi connectivity index (χ0) is 19.8. The predicted molar refractivity (Wildman–Crippen MR) is 110 cm³/mol. The highest BCUT2D eigenvalue weighted by Crippen LogP contribution is 2.33. The van der Waals surface area contributed by atoms with E-state index in [1.807, 2.05) is 18.2 Å². The van der Waals surface area contributed by atoms with Crippen LogP contribution in [0, 0.1) is 0 Å². The van der Waals surface area contributed by atoms with E-state index >= 15 is 0 Å². The second-order valence-corrected chi connectivity index (χ2v) is 8.27. The Labute approximate surface area is 171 Å². The molecule has 2 aromatic rings. The Morgan fingerprint density at radius 2 is 1.86 bits per heavy atom. The molecular weight excluding hydrogens is 366 g/mol. The summed E-state index contributed by atoms with van der Waals surface area (Å²) in [6.07, 6.45) is 3.49. The van der Waals surface area contributed by atoms with Crippen LogP contribution in [0.2, 0.25) is 0 Å². The van der Waals surface area contributed by atoms with Gasteiger partial charge in [-0.2, -0.15) is 0 Å². The fourth-order valence-corrected chi connectivity index (χ4v) is 4.87. The average Bonchev–Trinajstić information content (AvgIpc) is 3.44. The molecule has 2 aliphatic heterocycles. The summed E-state index contributed by atoms with van der Waals surface area (Å²) in [6, 6.07) is 14.8. The smallest absolute Gasteiger partial charge is 0.237 e. The van der Waals surface area contributed by atoms with E-state index in [0.29, 0.717) is 12.6 Å². The summed E-state index contributed by atoms with van der Waals surface area (Å²) in [4.78, 5) is 15.3. The maximum Gasteiger partial charge on any atom is 0.237 e. The number of nitrogens with two attached hydrogens (primary N) is 1. The molecule has 1 aliphatic carbocycles. The van der Waals surface area contributed by atoms with Crippen LogP contribution in [0.25, 0.3) is 0 Å². The molecule has 0 saturated carbocycles. The summed E-state index contributed by atoms with van der Waals surface area (Å²) in [5.74, 6) is 1.66. The van der Waals surface area contributed by atoms with Crippen LogP contribution in [0.4, 0.5) is 0 Å². The molecule has 0 aromatic heterocycles. The summed E-state index contributed by atoms with van der Waals surface area (Å²) in [7, 11) is 0. The standard InChI is InChI=1S/C23H27N3O3/c24-18-12-20(26(13-18)19-10-16-3-1-2-4-17(16)11-19)23(27)25-8-7-15-5-6-21-22(9-15)29-14-28-21/h1-6,9,18-20H,7-8,10-14,24H2,(H,25,27)/t18-,20+/m1/s1. The molecule has 5 rings (SSSR count). The van der Waals surface area contributed by atoms with E-state index < -0.39 is 0 Å². The molecule has 29 heavy (non-hydrogen) atoms. The van der Waals surface area contributed by atoms with E-state index in [9.17, 15) is 4.79 Å². The molecule has 0 radical (unpaired) electrons. The Kier molecular flexibility index (Phi) is 4.89. The molecule has 0 unspecified atom stereocenters. The van der Waals surface area contributed by atoms with Gasteiger partial charge in [0.05, 0.1) is 6.04 Å². The van der Waals surface area contributed by atoms with Gasteiger partial charge in [0.1, 0.15) is 0 Å². The number of hydrogen-bond acceptors (Lipinski definition) is 5. The lowest BCUT2D eigenvalue weighted by Crippen LogP contribution is -2.48. The van der Waals surface area contributed by atoms with Gasteiger partial charge >= 0.3 is 0 Å². The Morgan fingerprint density at radius 3 is 2.66 bits per heavy atom. The largest absolute Gasteiger partial charge is 0.454 e. The van der Waals surface area contributed by atoms with Crippen LogP contribution in [0.15, 0.2) is 42.5 Å². The van der Waals surface area contributed by atoms with E-state index in [2.05, 4.69) is 34.5 Å². The first-order valence-corrected chi connectivity index (χ1v) is 10.4. The van der Waals surface area contributed by atoms with Crippen molar-refractivity contribution in [1.29, 1.82) is 0 Å². The highest BCUT2D eigenvalue weighted by molar-refractivity contribution is 5.82. The number of hydrogen-bond donors (Lipinski definition) is 2. The zero-order valence-corrected chi connectivity index (χ0v) is 16.5. The van der Waals surface area contributed by atoms with Crippen LogP contribution >= 0.6 is 0 Å². The van der Waals surface area contributed by atoms with E-state index in [4.69, 9.17) is 15.2 Å². The quantitative estimate of drug-likeness (QED) is 0.808. The molecule has 3 N–H and O–H groups in total. The zero-order valence-electron chi connectivity index (χ0n) is 16.5. The molecule has 2 heterocycles. The lowest BCUT2D eigenvalue weighted by Gasteiger charge is -2.29. The molecule has 152 valence electrons. The van der Waals surface area contributed by atoms with Crippen LogP contribution in [-0.2, 0) is 24.1 Å². The average molecular weight is 393 g/mol. The number of nitrogens with one attached hydrogen (secondary N) is 1. The van der Waals surface area contributed by atoms with Gasteiger partial charge in [-0.25, -0.2) is 0 Å². The SMILES string of the molecule is N[C@@H]1C[C@@H](C(=O)NCCc2ccc3c(c2)OCO3)N(C2Cc3ccccc3C2)C1. The fourth-order valence-electron chi connectivity index (χ4n) is 4.87. The second-order valence-electron chi connectivity index (χ2n) is 8.27. The first-order chi connectivity index (χ1) is 14.2. The van der Waals surface area contributed by atoms with Crippen molar-refractivity contribution in [2.45, 2.75) is 43.8 Å². The molecule has 3 aliphatic rings. The van der Waals surface area contributed by atoms with Crippen molar-refractivity contribution in [2.75, 3.05) is 19.9 Å². The van der Waals surface area contributed by atoms with Crippen molar-refractivity contribution >= 4 is 5.91 Å². The summed E-state index contributed by atoms with van der Waals surface area (Å²) >= 11 is 0. The first-order valence-electron chi connectivity index (χ1n) is 10.4. The van der Waals surface area contributed by atoms with Gasteiger partial charge in [0.2, 0.25) is 12.7 Å². The Hall–Kier alpha value is -2.57. The highest BCUT2D eigenvalue weighted by atomic mass is 16.7. The number of benzene rings is 2. The molecule has 0 spiro atoms. The third-order valence-electron chi connectivity index (χ3n) is 6.32. The van der Waals surface area contributed by atoms with Crippen LogP contribution in [0.3, 0.4) is 0 Å². The maximum absolute atomic E-state index is 13.0. The van der Waals surface area contributed by atoms with Crippen LogP contribution < -0.4 is 20.5 Å². The van der Waals surface area contributed by atoms with Gasteiger partial charge < -0.3 is 20.5 Å². The first kappa shape index (κ1) is 18.5. The van der Waals surface area contributed by atoms with Crippen LogP contribution in [0.1, 0.15) is 23.1 Å². The lowest BCUT2D eigenvalue weighted by atomic mass is 10.1. The summed E-state index contributed by atoms with van der Waals surface area (Å²) in [5.41, 5.74) is 10.2. The number of carbonyl (C=O) groups excluding carboxylic acids is 1. The topological polar surface area (TPSA) is 76.8 Å². The monoisotopic (exact) mass is 393 g/mol. The van der Waals surface area contributed by atoms with Gasteiger partial charge in [-0.05, 0) is 54.5 Å². The van der Waals surface area contributed by atoms with Gasteiger partial charge in [-0.3, -0.25) is 9.69 Å². The van der Waals surface area contributed by atoms with Crippen LogP contribution in [-0.4, -0.2) is 48.8 Å². The third-order valence-corrected chi connectivity index (χ3v) is 6.32. The van der Waals surface area contributed by atoms with Crippen molar-refractivity contribution < 1.29 is 14.3 Å². The number of nitrogens with zero attached hydrogens (tertiary/aromatic N) is 1. The molecule has 1 amide bonds. The number of amides is 1. The molecule has 1 fully saturated rings. The fraction of sp³-hybridized carbons (Fsp3) is 0.435. The third kappa shape index (κ3) is 3.70. The Morgan fingerprint density at radius 1 is 1.10 bits per heavy atom. The van der Waals surface area contributed by atoms with Gasteiger partial charge in [0.15, 0.2) is 11.5 Å². The van der Waals surface area contributed by atoms with E-state index in [-0.39, 0.29) is 24.8 Å². The lowest BCUT2D eigenvalue weighted by molar-refractivity contribution is -0.126. The normalized spacial score (nSPS) is 23.3. The van der Waals surface area contributed by atoms with Crippen molar-refractivity contribution in [3.05, 3.63) is 59.2 Å². The maximum atomic E-state index is 13.0. The molecule has 2 aromatic carbocycles. The number of ether oxygens (including phenoxy) is 2. The highest BCUT2D eigenvalue weighted by Gasteiger charge is 2.40. The number of fused-ring (bicyclic) bond motifs is 2. The van der Waals surface area contributed by atoms with Crippen molar-refractivity contribution in [2.24, 2.45) is 5.73 Å². The predicted octanol–water partition coefficient (Wildman–Crippen LogP) is 1.64. The summed E-state index contributed by atoms with van der Waals surface area (Å²) in [5, 5.41) is 3.13. The number of rotatable bonds is 5. The molecule has 6 nitrogen and oxygen atoms in total. The van der Waals surface area contributed by atoms with E-state index in [1.165, 1.54) is 11.1 Å². The summed E-state index contributed by atoms with van der Waals surface area (Å²) < 4.78 is 10.8. The minimum absolute atomic E-state index is 0.0586. The number of likely N-dealkylation sites (tertiary alicyclic amines) is 1. The van der Waals surface area contributed by atoms with Gasteiger partial charge in [-0.1, -0.05) is 30.3 Å². The second kappa shape index (κ2) is 7.69. The van der Waals surface area contributed by atoms with Crippen molar-refractivity contribution in [3.63, 3.8) is 0 Å². The summed E-state index contributed by atoms with van der Waals surface area (Å²) in [6.45, 7) is 1.67. The van der Waals surface area contributed by atoms with Crippen molar-refractivity contribution in [1.82, 2.24) is 10.2 Å². The van der Waals surface area contributed by atoms with Crippen molar-refractivity contribution in [3.8, 4) is 11.5 Å². The van der Waals surface area contributed by atoms with Crippen LogP contribution in [0.5, 0.6) is 11.5 Å². The van der Waals surface area contributed by atoms with E-state index in [1.54, 1.807) is 0 Å². The molecule has 1 saturated heterocycles. The van der Waals surface area contributed by atoms with Gasteiger partial charge in [-0.15, -0.1) is 0 Å².